The molecule has 1 aliphatic rings. The first-order valence-electron chi connectivity index (χ1n) is 9.51. The second-order valence-corrected chi connectivity index (χ2v) is 7.26. The molecule has 1 aliphatic heterocycles. The number of primary amides is 1. The van der Waals surface area contributed by atoms with Crippen LogP contribution in [0.15, 0.2) is 60.8 Å². The van der Waals surface area contributed by atoms with Crippen LogP contribution < -0.4 is 11.1 Å². The molecule has 7 nitrogen and oxygen atoms in total. The van der Waals surface area contributed by atoms with Crippen LogP contribution in [-0.2, 0) is 27.2 Å². The summed E-state index contributed by atoms with van der Waals surface area (Å²) in [5.74, 6) is -1.22. The van der Waals surface area contributed by atoms with Gasteiger partial charge in [0.1, 0.15) is 18.6 Å². The molecule has 0 radical (unpaired) electrons. The van der Waals surface area contributed by atoms with Gasteiger partial charge < -0.3 is 20.9 Å². The molecule has 3 amide bonds. The average Bonchev–Trinajstić information content (AvgIpc) is 3.12. The molecule has 1 aromatic heterocycles. The number of amides is 3. The van der Waals surface area contributed by atoms with E-state index in [2.05, 4.69) is 10.3 Å². The molecule has 1 fully saturated rings. The lowest BCUT2D eigenvalue weighted by Gasteiger charge is -2.36. The van der Waals surface area contributed by atoms with Crippen molar-refractivity contribution in [2.45, 2.75) is 24.9 Å². The minimum Gasteiger partial charge on any atom is -0.368 e. The lowest BCUT2D eigenvalue weighted by atomic mass is 9.98. The van der Waals surface area contributed by atoms with E-state index in [1.807, 2.05) is 60.8 Å². The standard InChI is InChI=1S/C22H22N4O3/c23-21(28)19(10-14-6-2-1-3-7-14)26-13-20(27)25-18(22(26)29)11-15-12-24-17-9-5-4-8-16(15)17/h1-9,12,18-19,24H,10-11,13H2,(H2,23,28)(H,25,27)/t18-,19-/m0/s1. The summed E-state index contributed by atoms with van der Waals surface area (Å²) in [7, 11) is 0. The third-order valence-corrected chi connectivity index (χ3v) is 5.31. The topological polar surface area (TPSA) is 108 Å². The predicted molar refractivity (Wildman–Crippen MR) is 109 cm³/mol. The summed E-state index contributed by atoms with van der Waals surface area (Å²) in [5.41, 5.74) is 8.38. The second kappa shape index (κ2) is 7.79. The number of aromatic amines is 1. The van der Waals surface area contributed by atoms with Crippen molar-refractivity contribution in [2.24, 2.45) is 5.73 Å². The van der Waals surface area contributed by atoms with Gasteiger partial charge in [0, 0.05) is 29.9 Å². The second-order valence-electron chi connectivity index (χ2n) is 7.26. The largest absolute Gasteiger partial charge is 0.368 e. The first kappa shape index (κ1) is 18.7. The number of rotatable bonds is 6. The Kier molecular flexibility index (Phi) is 5.03. The van der Waals surface area contributed by atoms with Crippen molar-refractivity contribution in [2.75, 3.05) is 6.54 Å². The van der Waals surface area contributed by atoms with Gasteiger partial charge in [0.05, 0.1) is 0 Å². The van der Waals surface area contributed by atoms with Gasteiger partial charge in [0.15, 0.2) is 0 Å². The molecule has 7 heteroatoms. The molecule has 0 aliphatic carbocycles. The summed E-state index contributed by atoms with van der Waals surface area (Å²) >= 11 is 0. The van der Waals surface area contributed by atoms with E-state index >= 15 is 0 Å². The van der Waals surface area contributed by atoms with Gasteiger partial charge in [0.2, 0.25) is 17.7 Å². The zero-order valence-corrected chi connectivity index (χ0v) is 15.8. The number of carbonyl (C=O) groups is 3. The number of para-hydroxylation sites is 1. The Labute approximate surface area is 167 Å². The lowest BCUT2D eigenvalue weighted by Crippen LogP contribution is -2.63. The Morgan fingerprint density at radius 1 is 1.10 bits per heavy atom. The number of aromatic nitrogens is 1. The van der Waals surface area contributed by atoms with E-state index in [0.29, 0.717) is 6.42 Å². The molecule has 29 heavy (non-hydrogen) atoms. The fourth-order valence-electron chi connectivity index (χ4n) is 3.86. The van der Waals surface area contributed by atoms with Crippen LogP contribution in [0.4, 0.5) is 0 Å². The zero-order valence-electron chi connectivity index (χ0n) is 15.8. The molecule has 4 N–H and O–H groups in total. The van der Waals surface area contributed by atoms with E-state index in [-0.39, 0.29) is 24.8 Å². The monoisotopic (exact) mass is 390 g/mol. The number of piperazine rings is 1. The van der Waals surface area contributed by atoms with Crippen LogP contribution in [0.1, 0.15) is 11.1 Å². The van der Waals surface area contributed by atoms with Gasteiger partial charge >= 0.3 is 0 Å². The van der Waals surface area contributed by atoms with E-state index in [1.54, 1.807) is 0 Å². The number of fused-ring (bicyclic) bond motifs is 1. The number of hydrogen-bond donors (Lipinski definition) is 3. The van der Waals surface area contributed by atoms with Crippen LogP contribution in [-0.4, -0.2) is 46.2 Å². The van der Waals surface area contributed by atoms with Crippen LogP contribution in [0.5, 0.6) is 0 Å². The zero-order chi connectivity index (χ0) is 20.4. The first-order chi connectivity index (χ1) is 14.0. The molecule has 4 rings (SSSR count). The number of H-pyrrole nitrogens is 1. The van der Waals surface area contributed by atoms with E-state index in [1.165, 1.54) is 4.90 Å². The first-order valence-corrected chi connectivity index (χ1v) is 9.51. The SMILES string of the molecule is NC(=O)[C@H](Cc1ccccc1)N1CC(=O)N[C@@H](Cc2c[nH]c3ccccc23)C1=O. The maximum atomic E-state index is 13.2. The molecule has 148 valence electrons. The summed E-state index contributed by atoms with van der Waals surface area (Å²) < 4.78 is 0. The van der Waals surface area contributed by atoms with Crippen molar-refractivity contribution in [1.29, 1.82) is 0 Å². The third kappa shape index (κ3) is 3.85. The van der Waals surface area contributed by atoms with E-state index < -0.39 is 18.0 Å². The minimum atomic E-state index is -0.874. The molecule has 0 bridgehead atoms. The van der Waals surface area contributed by atoms with Crippen molar-refractivity contribution in [3.8, 4) is 0 Å². The number of carbonyl (C=O) groups excluding carboxylic acids is 3. The van der Waals surface area contributed by atoms with Gasteiger partial charge in [-0.1, -0.05) is 48.5 Å². The average molecular weight is 390 g/mol. The summed E-state index contributed by atoms with van der Waals surface area (Å²) in [5, 5.41) is 3.76. The van der Waals surface area contributed by atoms with E-state index in [4.69, 9.17) is 5.73 Å². The maximum Gasteiger partial charge on any atom is 0.246 e. The van der Waals surface area contributed by atoms with Gasteiger partial charge in [0.25, 0.3) is 0 Å². The van der Waals surface area contributed by atoms with Gasteiger partial charge in [-0.15, -0.1) is 0 Å². The van der Waals surface area contributed by atoms with Gasteiger partial charge in [-0.05, 0) is 17.2 Å². The summed E-state index contributed by atoms with van der Waals surface area (Å²) in [4.78, 5) is 42.1. The highest BCUT2D eigenvalue weighted by molar-refractivity contribution is 5.98. The smallest absolute Gasteiger partial charge is 0.246 e. The molecule has 0 saturated carbocycles. The Balaban J connectivity index is 1.58. The number of nitrogens with zero attached hydrogens (tertiary/aromatic N) is 1. The van der Waals surface area contributed by atoms with Crippen LogP contribution in [0.2, 0.25) is 0 Å². The number of hydrogen-bond acceptors (Lipinski definition) is 3. The van der Waals surface area contributed by atoms with Crippen LogP contribution >= 0.6 is 0 Å². The predicted octanol–water partition coefficient (Wildman–Crippen LogP) is 1.13. The Hall–Kier alpha value is -3.61. The Bertz CT molecular complexity index is 1060. The summed E-state index contributed by atoms with van der Waals surface area (Å²) in [6, 6.07) is 15.5. The third-order valence-electron chi connectivity index (χ3n) is 5.31. The maximum absolute atomic E-state index is 13.2. The Morgan fingerprint density at radius 2 is 1.83 bits per heavy atom. The van der Waals surface area contributed by atoms with Gasteiger partial charge in [-0.25, -0.2) is 0 Å². The van der Waals surface area contributed by atoms with Crippen molar-refractivity contribution >= 4 is 28.6 Å². The van der Waals surface area contributed by atoms with Gasteiger partial charge in [-0.2, -0.15) is 0 Å². The van der Waals surface area contributed by atoms with Crippen molar-refractivity contribution in [1.82, 2.24) is 15.2 Å². The number of nitrogens with two attached hydrogens (primary N) is 1. The van der Waals surface area contributed by atoms with Crippen LogP contribution in [0, 0.1) is 0 Å². The fourth-order valence-corrected chi connectivity index (χ4v) is 3.86. The normalized spacial score (nSPS) is 17.9. The minimum absolute atomic E-state index is 0.177. The lowest BCUT2D eigenvalue weighted by molar-refractivity contribution is -0.149. The molecule has 1 saturated heterocycles. The van der Waals surface area contributed by atoms with Crippen LogP contribution in [0.3, 0.4) is 0 Å². The highest BCUT2D eigenvalue weighted by Crippen LogP contribution is 2.21. The molecule has 0 spiro atoms. The highest BCUT2D eigenvalue weighted by Gasteiger charge is 2.39. The van der Waals surface area contributed by atoms with Crippen molar-refractivity contribution < 1.29 is 14.4 Å². The molecular formula is C22H22N4O3. The summed E-state index contributed by atoms with van der Waals surface area (Å²) in [6.07, 6.45) is 2.45. The van der Waals surface area contributed by atoms with Crippen molar-refractivity contribution in [3.05, 3.63) is 71.9 Å². The molecule has 2 atom stereocenters. The number of nitrogens with one attached hydrogen (secondary N) is 2. The molecule has 3 aromatic rings. The van der Waals surface area contributed by atoms with Gasteiger partial charge in [-0.3, -0.25) is 14.4 Å². The number of benzene rings is 2. The highest BCUT2D eigenvalue weighted by atomic mass is 16.2. The van der Waals surface area contributed by atoms with Crippen LogP contribution in [0.25, 0.3) is 10.9 Å². The molecule has 0 unspecified atom stereocenters. The molecule has 2 heterocycles. The van der Waals surface area contributed by atoms with E-state index in [0.717, 1.165) is 22.0 Å². The quantitative estimate of drug-likeness (QED) is 0.587. The molecular weight excluding hydrogens is 368 g/mol. The fraction of sp³-hybridized carbons (Fsp3) is 0.227. The van der Waals surface area contributed by atoms with Crippen molar-refractivity contribution in [3.63, 3.8) is 0 Å². The van der Waals surface area contributed by atoms with E-state index in [9.17, 15) is 14.4 Å². The summed E-state index contributed by atoms with van der Waals surface area (Å²) in [6.45, 7) is -0.177. The Morgan fingerprint density at radius 3 is 2.59 bits per heavy atom. The molecule has 2 aromatic carbocycles.